The number of allylic oxidation sites excluding steroid dienone is 2. The molecule has 0 N–H and O–H groups in total. The van der Waals surface area contributed by atoms with Gasteiger partial charge in [0, 0.05) is 17.8 Å². The van der Waals surface area contributed by atoms with Gasteiger partial charge in [-0.15, -0.1) is 0 Å². The Morgan fingerprint density at radius 3 is 2.78 bits per heavy atom. The zero-order chi connectivity index (χ0) is 16.2. The maximum Gasteiger partial charge on any atom is 0.737 e. The third-order valence-corrected chi connectivity index (χ3v) is 4.44. The SMILES string of the molecule is COc1ccc(C2=C3C=CC=[N+]3[B-](F)(F)n3cccc32)c(C)c1. The van der Waals surface area contributed by atoms with E-state index >= 15 is 0 Å². The highest BCUT2D eigenvalue weighted by atomic mass is 19.2. The summed E-state index contributed by atoms with van der Waals surface area (Å²) in [5, 5.41) is 0. The van der Waals surface area contributed by atoms with Crippen molar-refractivity contribution < 1.29 is 17.9 Å². The van der Waals surface area contributed by atoms with Crippen molar-refractivity contribution in [3.05, 3.63) is 71.2 Å². The quantitative estimate of drug-likeness (QED) is 0.776. The summed E-state index contributed by atoms with van der Waals surface area (Å²) in [5.74, 6) is 0.753. The van der Waals surface area contributed by atoms with Crippen LogP contribution in [0, 0.1) is 6.92 Å². The number of hydrogen-bond donors (Lipinski definition) is 0. The van der Waals surface area contributed by atoms with Crippen LogP contribution in [0.25, 0.3) is 5.57 Å². The number of ether oxygens (including phenoxy) is 1. The first kappa shape index (κ1) is 14.0. The van der Waals surface area contributed by atoms with Crippen LogP contribution in [-0.4, -0.2) is 29.3 Å². The van der Waals surface area contributed by atoms with E-state index in [1.807, 2.05) is 25.1 Å². The third-order valence-electron chi connectivity index (χ3n) is 4.44. The molecule has 0 atom stereocenters. The van der Waals surface area contributed by atoms with E-state index in [1.165, 1.54) is 12.4 Å². The molecule has 0 aliphatic carbocycles. The summed E-state index contributed by atoms with van der Waals surface area (Å²) in [4.78, 5) is 0. The standard InChI is InChI=1S/C17H15BF2N2O/c1-12-11-13(23-2)7-8-14(12)17-15-5-3-9-21(15)18(19,20)22-10-4-6-16(17)22/h3-11H,1-2H3. The van der Waals surface area contributed by atoms with Gasteiger partial charge in [-0.3, -0.25) is 0 Å². The van der Waals surface area contributed by atoms with Gasteiger partial charge < -0.3 is 22.3 Å². The second-order valence-corrected chi connectivity index (χ2v) is 5.75. The van der Waals surface area contributed by atoms with Crippen LogP contribution in [0.15, 0.2) is 54.4 Å². The number of aryl methyl sites for hydroxylation is 1. The van der Waals surface area contributed by atoms with Crippen LogP contribution in [0.1, 0.15) is 16.8 Å². The molecule has 1 aromatic heterocycles. The predicted octanol–water partition coefficient (Wildman–Crippen LogP) is 3.45. The topological polar surface area (TPSA) is 17.2 Å². The molecular formula is C17H15BF2N2O. The summed E-state index contributed by atoms with van der Waals surface area (Å²) >= 11 is 0. The smallest absolute Gasteiger partial charge is 0.497 e. The highest BCUT2D eigenvalue weighted by molar-refractivity contribution is 6.57. The Morgan fingerprint density at radius 1 is 1.22 bits per heavy atom. The average molecular weight is 312 g/mol. The van der Waals surface area contributed by atoms with E-state index in [2.05, 4.69) is 0 Å². The van der Waals surface area contributed by atoms with E-state index in [-0.39, 0.29) is 0 Å². The van der Waals surface area contributed by atoms with Crippen LogP contribution in [0.5, 0.6) is 5.75 Å². The van der Waals surface area contributed by atoms with Crippen molar-refractivity contribution in [3.8, 4) is 5.75 Å². The minimum atomic E-state index is -3.85. The molecule has 0 spiro atoms. The molecule has 2 aliphatic heterocycles. The van der Waals surface area contributed by atoms with Crippen LogP contribution in [0.2, 0.25) is 0 Å². The number of hydrogen-bond acceptors (Lipinski definition) is 1. The fourth-order valence-electron chi connectivity index (χ4n) is 3.34. The van der Waals surface area contributed by atoms with Gasteiger partial charge in [-0.25, -0.2) is 0 Å². The molecule has 0 radical (unpaired) electrons. The van der Waals surface area contributed by atoms with E-state index in [9.17, 15) is 8.63 Å². The number of halogens is 2. The monoisotopic (exact) mass is 312 g/mol. The lowest BCUT2D eigenvalue weighted by Crippen LogP contribution is -2.49. The van der Waals surface area contributed by atoms with Gasteiger partial charge in [0.05, 0.1) is 12.7 Å². The van der Waals surface area contributed by atoms with E-state index < -0.39 is 6.97 Å². The second-order valence-electron chi connectivity index (χ2n) is 5.75. The molecule has 0 fully saturated rings. The van der Waals surface area contributed by atoms with Crippen LogP contribution < -0.4 is 4.74 Å². The number of methoxy groups -OCH3 is 1. The molecule has 0 amide bonds. The van der Waals surface area contributed by atoms with Crippen molar-refractivity contribution in [2.24, 2.45) is 0 Å². The third kappa shape index (κ3) is 1.84. The molecule has 0 saturated carbocycles. The first-order chi connectivity index (χ1) is 11.0. The van der Waals surface area contributed by atoms with Crippen molar-refractivity contribution >= 4 is 18.8 Å². The molecule has 0 bridgehead atoms. The maximum atomic E-state index is 14.7. The van der Waals surface area contributed by atoms with E-state index in [0.29, 0.717) is 11.4 Å². The number of benzene rings is 1. The van der Waals surface area contributed by atoms with Gasteiger partial charge in [0.1, 0.15) is 12.0 Å². The van der Waals surface area contributed by atoms with Gasteiger partial charge in [-0.1, -0.05) is 6.07 Å². The molecule has 23 heavy (non-hydrogen) atoms. The maximum absolute atomic E-state index is 14.7. The summed E-state index contributed by atoms with van der Waals surface area (Å²) in [5.41, 5.74) is 3.80. The van der Waals surface area contributed by atoms with Crippen LogP contribution in [0.4, 0.5) is 8.63 Å². The number of aromatic nitrogens is 1. The van der Waals surface area contributed by atoms with E-state index in [0.717, 1.165) is 31.4 Å². The van der Waals surface area contributed by atoms with Gasteiger partial charge >= 0.3 is 6.97 Å². The largest absolute Gasteiger partial charge is 0.737 e. The van der Waals surface area contributed by atoms with E-state index in [1.54, 1.807) is 31.4 Å². The van der Waals surface area contributed by atoms with Crippen LogP contribution in [0.3, 0.4) is 0 Å². The van der Waals surface area contributed by atoms with Crippen molar-refractivity contribution in [2.75, 3.05) is 7.11 Å². The first-order valence-corrected chi connectivity index (χ1v) is 7.43. The lowest BCUT2D eigenvalue weighted by molar-refractivity contribution is -0.356. The summed E-state index contributed by atoms with van der Waals surface area (Å²) in [6, 6.07) is 9.10. The Morgan fingerprint density at radius 2 is 2.04 bits per heavy atom. The highest BCUT2D eigenvalue weighted by Gasteiger charge is 2.51. The Kier molecular flexibility index (Phi) is 2.85. The lowest BCUT2D eigenvalue weighted by atomic mass is 9.85. The molecule has 3 nitrogen and oxygen atoms in total. The molecule has 1 aromatic carbocycles. The fourth-order valence-corrected chi connectivity index (χ4v) is 3.34. The molecule has 2 aromatic rings. The van der Waals surface area contributed by atoms with Crippen LogP contribution >= 0.6 is 0 Å². The Labute approximate surface area is 132 Å². The Bertz CT molecular complexity index is 909. The second kappa shape index (κ2) is 4.68. The summed E-state index contributed by atoms with van der Waals surface area (Å²) in [6.07, 6.45) is 6.29. The zero-order valence-corrected chi connectivity index (χ0v) is 12.8. The fraction of sp³-hybridized carbons (Fsp3) is 0.118. The molecule has 0 saturated heterocycles. The lowest BCUT2D eigenvalue weighted by Gasteiger charge is -2.31. The summed E-state index contributed by atoms with van der Waals surface area (Å²) in [6.45, 7) is -1.89. The van der Waals surface area contributed by atoms with Gasteiger partial charge in [-0.05, 0) is 48.5 Å². The van der Waals surface area contributed by atoms with Gasteiger partial charge in [0.2, 0.25) is 0 Å². The summed E-state index contributed by atoms with van der Waals surface area (Å²) < 4.78 is 36.8. The predicted molar refractivity (Wildman–Crippen MR) is 87.0 cm³/mol. The average Bonchev–Trinajstić information content (AvgIpc) is 3.18. The zero-order valence-electron chi connectivity index (χ0n) is 12.8. The highest BCUT2D eigenvalue weighted by Crippen LogP contribution is 2.39. The molecule has 116 valence electrons. The van der Waals surface area contributed by atoms with Crippen LogP contribution in [-0.2, 0) is 0 Å². The summed E-state index contributed by atoms with van der Waals surface area (Å²) in [7, 11) is 1.61. The van der Waals surface area contributed by atoms with E-state index in [4.69, 9.17) is 4.74 Å². The minimum absolute atomic E-state index is 0.537. The number of fused-ring (bicyclic) bond motifs is 2. The van der Waals surface area contributed by atoms with Gasteiger partial charge in [0.15, 0.2) is 5.70 Å². The van der Waals surface area contributed by atoms with Gasteiger partial charge in [-0.2, -0.15) is 0 Å². The number of nitrogens with zero attached hydrogens (tertiary/aromatic N) is 2. The van der Waals surface area contributed by atoms with Crippen molar-refractivity contribution in [2.45, 2.75) is 6.92 Å². The molecule has 4 rings (SSSR count). The van der Waals surface area contributed by atoms with Crippen molar-refractivity contribution in [1.29, 1.82) is 0 Å². The van der Waals surface area contributed by atoms with Gasteiger partial charge in [0.25, 0.3) is 0 Å². The van der Waals surface area contributed by atoms with Crippen molar-refractivity contribution in [3.63, 3.8) is 0 Å². The molecular weight excluding hydrogens is 297 g/mol. The molecule has 3 heterocycles. The van der Waals surface area contributed by atoms with Crippen molar-refractivity contribution in [1.82, 2.24) is 4.48 Å². The number of rotatable bonds is 2. The minimum Gasteiger partial charge on any atom is -0.497 e. The molecule has 6 heteroatoms. The molecule has 0 unspecified atom stereocenters. The normalized spacial score (nSPS) is 17.8. The Balaban J connectivity index is 2.02. The first-order valence-electron chi connectivity index (χ1n) is 7.43. The molecule has 2 aliphatic rings. The Hall–Kier alpha value is -2.63.